The molecule has 0 aliphatic rings. The summed E-state index contributed by atoms with van der Waals surface area (Å²) in [6.45, 7) is 66.1. The van der Waals surface area contributed by atoms with E-state index in [1.807, 2.05) is 616 Å². The first kappa shape index (κ1) is 150. The van der Waals surface area contributed by atoms with Crippen LogP contribution in [0.2, 0.25) is 0 Å². The third kappa shape index (κ3) is 172. The van der Waals surface area contributed by atoms with Crippen molar-refractivity contribution in [1.29, 1.82) is 0 Å². The van der Waals surface area contributed by atoms with Gasteiger partial charge in [-0.2, -0.15) is 146 Å². The standard InChI is InChI=1S/C10H8.C7H8.7C6H6.4C6H5.16C2H6.2Y/c1-2-6-10-8-4-3-7-9(10)5-1;1-7-5-3-2-4-6-7;11*1-2-4-6-5-3-1;16*1-2;;/h1-8H;2-6H,1H3;7*1-6H;4*1-5H;16*1-2H3;;/q;;;;;;;;;4*-1;;;;;;;;;;;;;;;;;;. The van der Waals surface area contributed by atoms with Gasteiger partial charge in [-0.25, -0.2) is 0 Å². The van der Waals surface area contributed by atoms with Crippen LogP contribution in [-0.2, 0) is 65.4 Å². The quantitative estimate of drug-likeness (QED) is 0.133. The summed E-state index contributed by atoms with van der Waals surface area (Å²) in [6, 6.07) is 161. The topological polar surface area (TPSA) is 0 Å². The average Bonchev–Trinajstić information content (AvgIpc) is 0.873. The Balaban J connectivity index is -0.0000000600. The third-order valence-corrected chi connectivity index (χ3v) is 9.69. The first-order chi connectivity index (χ1) is 57.4. The first-order valence-corrected chi connectivity index (χ1v) is 43.5. The molecule has 0 aliphatic heterocycles. The molecule has 14 aromatic rings. The number of aryl methyl sites for hydroxylation is 1. The molecule has 0 nitrogen and oxygen atoms in total. The average molecular weight is 1730 g/mol. The van der Waals surface area contributed by atoms with Crippen LogP contribution in [0.4, 0.5) is 0 Å². The Kier molecular flexibility index (Phi) is 247. The van der Waals surface area contributed by atoms with Gasteiger partial charge in [0.25, 0.3) is 0 Å². The van der Waals surface area contributed by atoms with Crippen molar-refractivity contribution in [2.45, 2.75) is 228 Å². The molecule has 14 rings (SSSR count). The van der Waals surface area contributed by atoms with Crippen LogP contribution in [-0.4, -0.2) is 0 Å². The Morgan fingerprint density at radius 3 is 0.248 bits per heavy atom. The summed E-state index contributed by atoms with van der Waals surface area (Å²) in [5.74, 6) is 0. The van der Waals surface area contributed by atoms with Gasteiger partial charge in [0.05, 0.1) is 0 Å². The van der Waals surface area contributed by atoms with Crippen LogP contribution in [0, 0.1) is 31.2 Å². The molecule has 0 unspecified atom stereocenters. The van der Waals surface area contributed by atoms with Crippen LogP contribution in [0.5, 0.6) is 0 Å². The fourth-order valence-corrected chi connectivity index (χ4v) is 5.73. The monoisotopic (exact) mass is 1730 g/mol. The molecule has 0 amide bonds. The Morgan fingerprint density at radius 2 is 0.188 bits per heavy atom. The van der Waals surface area contributed by atoms with E-state index in [1.54, 1.807) is 0 Å². The summed E-state index contributed by atoms with van der Waals surface area (Å²) in [5, 5.41) is 2.62. The zero-order valence-electron chi connectivity index (χ0n) is 81.0. The number of hydrogen-bond acceptors (Lipinski definition) is 0. The molecule has 0 spiro atoms. The predicted octanol–water partition coefficient (Wildman–Crippen LogP) is 39.0. The van der Waals surface area contributed by atoms with Gasteiger partial charge in [-0.15, -0.1) is 0 Å². The second kappa shape index (κ2) is 193. The molecule has 2 heteroatoms. The molecule has 0 aromatic heterocycles. The van der Waals surface area contributed by atoms with E-state index in [4.69, 9.17) is 0 Å². The van der Waals surface area contributed by atoms with Crippen molar-refractivity contribution in [1.82, 2.24) is 0 Å². The predicted molar refractivity (Wildman–Crippen MR) is 543 cm³/mol. The van der Waals surface area contributed by atoms with E-state index in [-0.39, 0.29) is 65.4 Å². The molecule has 0 saturated heterocycles. The zero-order valence-corrected chi connectivity index (χ0v) is 86.6. The minimum Gasteiger partial charge on any atom is -0.184 e. The molecule has 0 atom stereocenters. The molecule has 0 heterocycles. The van der Waals surface area contributed by atoms with E-state index >= 15 is 0 Å². The van der Waals surface area contributed by atoms with Gasteiger partial charge in [-0.3, -0.25) is 0 Å². The molecule has 644 valence electrons. The summed E-state index contributed by atoms with van der Waals surface area (Å²) < 4.78 is 0. The summed E-state index contributed by atoms with van der Waals surface area (Å²) in [7, 11) is 0. The van der Waals surface area contributed by atoms with Crippen LogP contribution in [0.3, 0.4) is 0 Å². The number of rotatable bonds is 0. The van der Waals surface area contributed by atoms with Crippen molar-refractivity contribution in [2.75, 3.05) is 0 Å². The van der Waals surface area contributed by atoms with E-state index < -0.39 is 0 Å². The van der Waals surface area contributed by atoms with Crippen molar-refractivity contribution >= 4 is 10.8 Å². The maximum atomic E-state index is 2.89. The summed E-state index contributed by atoms with van der Waals surface area (Å²) >= 11 is 0. The number of hydrogen-bond donors (Lipinski definition) is 0. The summed E-state index contributed by atoms with van der Waals surface area (Å²) in [5.41, 5.74) is 1.32. The second-order valence-corrected chi connectivity index (χ2v) is 16.4. The minimum absolute atomic E-state index is 0. The van der Waals surface area contributed by atoms with Crippen LogP contribution >= 0.6 is 0 Å². The summed E-state index contributed by atoms with van der Waals surface area (Å²) in [6.07, 6.45) is 0. The normalized spacial score (nSPS) is 6.71. The van der Waals surface area contributed by atoms with Gasteiger partial charge in [-0.1, -0.05) is 561 Å². The third-order valence-electron chi connectivity index (χ3n) is 9.69. The van der Waals surface area contributed by atoms with Gasteiger partial charge in [0.2, 0.25) is 0 Å². The van der Waals surface area contributed by atoms with Crippen LogP contribution in [0.15, 0.2) is 455 Å². The molecule has 14 aromatic carbocycles. The molecule has 0 bridgehead atoms. The Morgan fingerprint density at radius 1 is 0.111 bits per heavy atom. The van der Waals surface area contributed by atoms with Crippen molar-refractivity contribution in [2.24, 2.45) is 0 Å². The van der Waals surface area contributed by atoms with Crippen LogP contribution in [0.1, 0.15) is 227 Å². The van der Waals surface area contributed by atoms with Gasteiger partial charge < -0.3 is 0 Å². The van der Waals surface area contributed by atoms with Gasteiger partial charge in [0.1, 0.15) is 0 Å². The fraction of sp³-hybridized carbons (Fsp3) is 0.287. The smallest absolute Gasteiger partial charge is 0 e. The number of benzene rings is 14. The summed E-state index contributed by atoms with van der Waals surface area (Å²) in [4.78, 5) is 0. The molecule has 0 aliphatic carbocycles. The van der Waals surface area contributed by atoms with Gasteiger partial charge in [-0.05, 0) is 17.7 Å². The van der Waals surface area contributed by atoms with Crippen molar-refractivity contribution in [3.63, 3.8) is 0 Å². The number of fused-ring (bicyclic) bond motifs is 1. The fourth-order valence-electron chi connectivity index (χ4n) is 5.73. The van der Waals surface area contributed by atoms with Crippen LogP contribution < -0.4 is 0 Å². The molecule has 0 fully saturated rings. The van der Waals surface area contributed by atoms with E-state index in [1.165, 1.54) is 16.3 Å². The van der Waals surface area contributed by atoms with E-state index in [9.17, 15) is 0 Å². The SMILES string of the molecule is CC.CC.CC.CC.CC.CC.CC.CC.CC.CC.CC.CC.CC.CC.CC.CC.Cc1ccccc1.[Y].[Y].[c-]1ccccc1.[c-]1ccccc1.[c-]1ccccc1.[c-]1ccccc1.c1ccc2ccccc2c1.c1ccccc1.c1ccccc1.c1ccccc1.c1ccccc1.c1ccccc1.c1ccccc1.c1ccccc1. The minimum atomic E-state index is 0. The van der Waals surface area contributed by atoms with E-state index in [0.717, 1.165) is 0 Å². The largest absolute Gasteiger partial charge is 0.184 e. The maximum absolute atomic E-state index is 2.89. The van der Waals surface area contributed by atoms with Crippen molar-refractivity contribution in [3.05, 3.63) is 485 Å². The maximum Gasteiger partial charge on any atom is 0 e. The van der Waals surface area contributed by atoms with E-state index in [2.05, 4.69) is 91.9 Å². The Bertz CT molecular complexity index is 2270. The molecule has 0 saturated carbocycles. The van der Waals surface area contributed by atoms with Crippen LogP contribution in [0.25, 0.3) is 10.8 Å². The zero-order chi connectivity index (χ0) is 90.6. The molecule has 117 heavy (non-hydrogen) atoms. The Hall–Kier alpha value is -8.45. The molecule has 2 radical (unpaired) electrons. The Labute approximate surface area is 782 Å². The van der Waals surface area contributed by atoms with Gasteiger partial charge >= 0.3 is 0 Å². The van der Waals surface area contributed by atoms with Gasteiger partial charge in [0, 0.05) is 65.4 Å². The van der Waals surface area contributed by atoms with E-state index in [0.29, 0.717) is 0 Å². The van der Waals surface area contributed by atoms with Crippen molar-refractivity contribution in [3.8, 4) is 0 Å². The van der Waals surface area contributed by atoms with Crippen molar-refractivity contribution < 1.29 is 65.4 Å². The molecular weight excluding hydrogens is 1560 g/mol. The second-order valence-electron chi connectivity index (χ2n) is 16.4. The molecular formula is C115H174Y2-4. The molecule has 0 N–H and O–H groups in total. The first-order valence-electron chi connectivity index (χ1n) is 43.5. The van der Waals surface area contributed by atoms with Gasteiger partial charge in [0.15, 0.2) is 0 Å².